The van der Waals surface area contributed by atoms with Gasteiger partial charge in [0.1, 0.15) is 12.4 Å². The maximum Gasteiger partial charge on any atom is 0.255 e. The number of rotatable bonds is 8. The highest BCUT2D eigenvalue weighted by Crippen LogP contribution is 2.15. The minimum absolute atomic E-state index is 0.187. The molecule has 1 aromatic heterocycles. The SMILES string of the molecule is O=C(NCc1ccc(OCc2cccnc2)cc1)c1ccc(NC(=O)c2ccccc2)cc1. The van der Waals surface area contributed by atoms with Crippen LogP contribution in [0.3, 0.4) is 0 Å². The summed E-state index contributed by atoms with van der Waals surface area (Å²) in [6, 6.07) is 27.2. The molecular formula is C27H23N3O3. The zero-order valence-electron chi connectivity index (χ0n) is 17.9. The number of nitrogens with zero attached hydrogens (tertiary/aromatic N) is 1. The predicted molar refractivity (Wildman–Crippen MR) is 127 cm³/mol. The van der Waals surface area contributed by atoms with Gasteiger partial charge in [-0.3, -0.25) is 14.6 Å². The zero-order chi connectivity index (χ0) is 22.9. The Morgan fingerprint density at radius 3 is 2.15 bits per heavy atom. The van der Waals surface area contributed by atoms with Crippen molar-refractivity contribution in [1.29, 1.82) is 0 Å². The van der Waals surface area contributed by atoms with Crippen molar-refractivity contribution in [1.82, 2.24) is 10.3 Å². The van der Waals surface area contributed by atoms with Crippen LogP contribution in [0.2, 0.25) is 0 Å². The van der Waals surface area contributed by atoms with Crippen LogP contribution in [0.5, 0.6) is 5.75 Å². The van der Waals surface area contributed by atoms with Gasteiger partial charge in [-0.2, -0.15) is 0 Å². The van der Waals surface area contributed by atoms with Crippen LogP contribution in [0.4, 0.5) is 5.69 Å². The molecule has 0 aliphatic carbocycles. The Balaban J connectivity index is 1.25. The van der Waals surface area contributed by atoms with Gasteiger partial charge in [-0.25, -0.2) is 0 Å². The van der Waals surface area contributed by atoms with Gasteiger partial charge >= 0.3 is 0 Å². The molecule has 2 N–H and O–H groups in total. The second-order valence-corrected chi connectivity index (χ2v) is 7.37. The molecule has 6 heteroatoms. The van der Waals surface area contributed by atoms with Crippen LogP contribution in [-0.4, -0.2) is 16.8 Å². The lowest BCUT2D eigenvalue weighted by Crippen LogP contribution is -2.22. The molecule has 0 aliphatic heterocycles. The van der Waals surface area contributed by atoms with Crippen LogP contribution in [0.25, 0.3) is 0 Å². The average Bonchev–Trinajstić information content (AvgIpc) is 2.88. The first-order chi connectivity index (χ1) is 16.2. The standard InChI is InChI=1S/C27H23N3O3/c31-26(23-10-12-24(13-11-23)30-27(32)22-6-2-1-3-7-22)29-18-20-8-14-25(15-9-20)33-19-21-5-4-16-28-17-21/h1-17H,18-19H2,(H,29,31)(H,30,32). The van der Waals surface area contributed by atoms with E-state index in [0.717, 1.165) is 16.9 Å². The molecule has 0 unspecified atom stereocenters. The Hall–Kier alpha value is -4.45. The summed E-state index contributed by atoms with van der Waals surface area (Å²) >= 11 is 0. The van der Waals surface area contributed by atoms with Gasteiger partial charge in [0.2, 0.25) is 0 Å². The van der Waals surface area contributed by atoms with Gasteiger partial charge in [-0.05, 0) is 60.2 Å². The summed E-state index contributed by atoms with van der Waals surface area (Å²) in [4.78, 5) is 28.8. The molecule has 3 aromatic carbocycles. The second kappa shape index (κ2) is 10.7. The summed E-state index contributed by atoms with van der Waals surface area (Å²) in [7, 11) is 0. The van der Waals surface area contributed by atoms with Crippen molar-refractivity contribution in [3.63, 3.8) is 0 Å². The minimum Gasteiger partial charge on any atom is -0.489 e. The van der Waals surface area contributed by atoms with Crippen LogP contribution < -0.4 is 15.4 Å². The highest BCUT2D eigenvalue weighted by Gasteiger charge is 2.08. The fourth-order valence-electron chi connectivity index (χ4n) is 3.14. The Morgan fingerprint density at radius 2 is 1.45 bits per heavy atom. The number of carbonyl (C=O) groups is 2. The first-order valence-corrected chi connectivity index (χ1v) is 10.5. The van der Waals surface area contributed by atoms with E-state index in [1.165, 1.54) is 0 Å². The molecule has 0 radical (unpaired) electrons. The molecule has 0 bridgehead atoms. The number of ether oxygens (including phenoxy) is 1. The molecule has 0 fully saturated rings. The van der Waals surface area contributed by atoms with Gasteiger partial charge in [0, 0.05) is 41.3 Å². The smallest absolute Gasteiger partial charge is 0.255 e. The minimum atomic E-state index is -0.194. The summed E-state index contributed by atoms with van der Waals surface area (Å²) in [5.41, 5.74) is 3.68. The molecule has 0 saturated heterocycles. The molecule has 4 aromatic rings. The van der Waals surface area contributed by atoms with Crippen LogP contribution in [0.1, 0.15) is 31.8 Å². The van der Waals surface area contributed by atoms with E-state index in [2.05, 4.69) is 15.6 Å². The lowest BCUT2D eigenvalue weighted by molar-refractivity contribution is 0.0950. The van der Waals surface area contributed by atoms with E-state index in [-0.39, 0.29) is 11.8 Å². The van der Waals surface area contributed by atoms with Crippen molar-refractivity contribution in [3.05, 3.63) is 126 Å². The number of amides is 2. The number of benzene rings is 3. The molecule has 4 rings (SSSR count). The van der Waals surface area contributed by atoms with Gasteiger partial charge in [-0.15, -0.1) is 0 Å². The molecule has 164 valence electrons. The van der Waals surface area contributed by atoms with E-state index in [4.69, 9.17) is 4.74 Å². The van der Waals surface area contributed by atoms with Crippen molar-refractivity contribution >= 4 is 17.5 Å². The number of carbonyl (C=O) groups excluding carboxylic acids is 2. The third kappa shape index (κ3) is 6.27. The third-order valence-corrected chi connectivity index (χ3v) is 4.95. The number of aromatic nitrogens is 1. The number of hydrogen-bond donors (Lipinski definition) is 2. The summed E-state index contributed by atoms with van der Waals surface area (Å²) in [5.74, 6) is 0.371. The van der Waals surface area contributed by atoms with E-state index < -0.39 is 0 Å². The quantitative estimate of drug-likeness (QED) is 0.413. The largest absolute Gasteiger partial charge is 0.489 e. The Labute approximate surface area is 192 Å². The molecule has 0 saturated carbocycles. The number of hydrogen-bond acceptors (Lipinski definition) is 4. The maximum atomic E-state index is 12.5. The van der Waals surface area contributed by atoms with Crippen LogP contribution in [0.15, 0.2) is 103 Å². The predicted octanol–water partition coefficient (Wildman–Crippen LogP) is 4.84. The molecule has 0 spiro atoms. The first kappa shape index (κ1) is 21.8. The number of pyridine rings is 1. The molecule has 2 amide bonds. The Morgan fingerprint density at radius 1 is 0.727 bits per heavy atom. The Bertz CT molecular complexity index is 1190. The highest BCUT2D eigenvalue weighted by molar-refractivity contribution is 6.04. The topological polar surface area (TPSA) is 80.3 Å². The van der Waals surface area contributed by atoms with E-state index >= 15 is 0 Å². The summed E-state index contributed by atoms with van der Waals surface area (Å²) in [6.07, 6.45) is 3.50. The van der Waals surface area contributed by atoms with E-state index in [0.29, 0.717) is 30.0 Å². The fraction of sp³-hybridized carbons (Fsp3) is 0.0741. The van der Waals surface area contributed by atoms with E-state index in [1.54, 1.807) is 48.8 Å². The third-order valence-electron chi connectivity index (χ3n) is 4.95. The first-order valence-electron chi connectivity index (χ1n) is 10.5. The van der Waals surface area contributed by atoms with Crippen LogP contribution >= 0.6 is 0 Å². The van der Waals surface area contributed by atoms with Gasteiger partial charge < -0.3 is 15.4 Å². The summed E-state index contributed by atoms with van der Waals surface area (Å²) in [6.45, 7) is 0.847. The lowest BCUT2D eigenvalue weighted by atomic mass is 10.1. The molecule has 33 heavy (non-hydrogen) atoms. The van der Waals surface area contributed by atoms with Gasteiger partial charge in [0.15, 0.2) is 0 Å². The zero-order valence-corrected chi connectivity index (χ0v) is 17.9. The molecule has 0 aliphatic rings. The van der Waals surface area contributed by atoms with Crippen molar-refractivity contribution in [2.24, 2.45) is 0 Å². The normalized spacial score (nSPS) is 10.3. The van der Waals surface area contributed by atoms with Crippen molar-refractivity contribution in [3.8, 4) is 5.75 Å². The molecule has 0 atom stereocenters. The van der Waals surface area contributed by atoms with Gasteiger partial charge in [0.25, 0.3) is 11.8 Å². The van der Waals surface area contributed by atoms with E-state index in [1.807, 2.05) is 54.6 Å². The molecule has 6 nitrogen and oxygen atoms in total. The summed E-state index contributed by atoms with van der Waals surface area (Å²) in [5, 5.41) is 5.73. The number of anilines is 1. The average molecular weight is 437 g/mol. The summed E-state index contributed by atoms with van der Waals surface area (Å²) < 4.78 is 5.75. The van der Waals surface area contributed by atoms with Crippen molar-refractivity contribution in [2.45, 2.75) is 13.2 Å². The second-order valence-electron chi connectivity index (χ2n) is 7.37. The monoisotopic (exact) mass is 437 g/mol. The van der Waals surface area contributed by atoms with Crippen LogP contribution in [0, 0.1) is 0 Å². The Kier molecular flexibility index (Phi) is 7.08. The van der Waals surface area contributed by atoms with Crippen molar-refractivity contribution in [2.75, 3.05) is 5.32 Å². The van der Waals surface area contributed by atoms with Crippen LogP contribution in [-0.2, 0) is 13.2 Å². The number of nitrogens with one attached hydrogen (secondary N) is 2. The van der Waals surface area contributed by atoms with Gasteiger partial charge in [-0.1, -0.05) is 36.4 Å². The highest BCUT2D eigenvalue weighted by atomic mass is 16.5. The molecule has 1 heterocycles. The van der Waals surface area contributed by atoms with Crippen molar-refractivity contribution < 1.29 is 14.3 Å². The maximum absolute atomic E-state index is 12.5. The van der Waals surface area contributed by atoms with E-state index in [9.17, 15) is 9.59 Å². The molecular weight excluding hydrogens is 414 g/mol. The van der Waals surface area contributed by atoms with Gasteiger partial charge in [0.05, 0.1) is 0 Å². The fourth-order valence-corrected chi connectivity index (χ4v) is 3.14. The lowest BCUT2D eigenvalue weighted by Gasteiger charge is -2.09.